The fourth-order valence-corrected chi connectivity index (χ4v) is 2.86. The van der Waals surface area contributed by atoms with Crippen molar-refractivity contribution in [2.24, 2.45) is 5.16 Å². The predicted octanol–water partition coefficient (Wildman–Crippen LogP) is 5.28. The van der Waals surface area contributed by atoms with Crippen LogP contribution in [-0.2, 0) is 6.61 Å². The molecule has 0 aliphatic heterocycles. The lowest BCUT2D eigenvalue weighted by Crippen LogP contribution is -1.99. The first-order valence-electron chi connectivity index (χ1n) is 5.74. The summed E-state index contributed by atoms with van der Waals surface area (Å²) in [5.41, 5.74) is 1.25. The smallest absolute Gasteiger partial charge is 0.152 e. The molecule has 0 aliphatic carbocycles. The van der Waals surface area contributed by atoms with Crippen molar-refractivity contribution in [3.05, 3.63) is 61.8 Å². The van der Waals surface area contributed by atoms with Crippen molar-refractivity contribution < 1.29 is 14.3 Å². The van der Waals surface area contributed by atoms with Crippen LogP contribution in [-0.4, -0.2) is 11.4 Å². The van der Waals surface area contributed by atoms with Crippen molar-refractivity contribution in [2.75, 3.05) is 0 Å². The zero-order valence-corrected chi connectivity index (χ0v) is 13.6. The maximum atomic E-state index is 13.0. The lowest BCUT2D eigenvalue weighted by Gasteiger charge is -2.12. The van der Waals surface area contributed by atoms with Crippen LogP contribution in [0.2, 0.25) is 10.0 Å². The molecule has 0 fully saturated rings. The quantitative estimate of drug-likeness (QED) is 0.436. The Kier molecular flexibility index (Phi) is 5.45. The molecule has 2 aromatic rings. The summed E-state index contributed by atoms with van der Waals surface area (Å²) in [6.07, 6.45) is 1.25. The van der Waals surface area contributed by atoms with E-state index in [4.69, 9.17) is 33.1 Å². The van der Waals surface area contributed by atoms with E-state index in [0.717, 1.165) is 0 Å². The lowest BCUT2D eigenvalue weighted by atomic mass is 10.2. The highest BCUT2D eigenvalue weighted by atomic mass is 79.9. The third-order valence-electron chi connectivity index (χ3n) is 2.61. The Morgan fingerprint density at radius 2 is 2.00 bits per heavy atom. The molecule has 7 heteroatoms. The van der Waals surface area contributed by atoms with Crippen molar-refractivity contribution in [2.45, 2.75) is 6.61 Å². The summed E-state index contributed by atoms with van der Waals surface area (Å²) in [5, 5.41) is 12.1. The number of benzene rings is 2. The highest BCUT2D eigenvalue weighted by Gasteiger charge is 2.10. The van der Waals surface area contributed by atoms with Gasteiger partial charge in [0, 0.05) is 5.56 Å². The molecule has 0 saturated carbocycles. The second kappa shape index (κ2) is 7.11. The molecular formula is C14H9BrCl2FNO2. The highest BCUT2D eigenvalue weighted by Crippen LogP contribution is 2.35. The maximum Gasteiger partial charge on any atom is 0.152 e. The number of oxime groups is 1. The van der Waals surface area contributed by atoms with Crippen LogP contribution in [0, 0.1) is 5.82 Å². The van der Waals surface area contributed by atoms with Crippen molar-refractivity contribution in [3.8, 4) is 5.75 Å². The largest absolute Gasteiger partial charge is 0.486 e. The predicted molar refractivity (Wildman–Crippen MR) is 84.3 cm³/mol. The normalized spacial score (nSPS) is 11.0. The third-order valence-corrected chi connectivity index (χ3v) is 3.84. The number of hydrogen-bond donors (Lipinski definition) is 1. The van der Waals surface area contributed by atoms with Crippen LogP contribution in [0.25, 0.3) is 0 Å². The van der Waals surface area contributed by atoms with Crippen LogP contribution < -0.4 is 4.74 Å². The Morgan fingerprint density at radius 1 is 1.24 bits per heavy atom. The Bertz CT molecular complexity index is 672. The summed E-state index contributed by atoms with van der Waals surface area (Å²) in [5.74, 6) is 0.0164. The Labute approximate surface area is 139 Å². The zero-order chi connectivity index (χ0) is 15.4. The molecule has 2 rings (SSSR count). The van der Waals surface area contributed by atoms with Crippen LogP contribution in [0.4, 0.5) is 4.39 Å². The monoisotopic (exact) mass is 391 g/mol. The first kappa shape index (κ1) is 16.1. The summed E-state index contributed by atoms with van der Waals surface area (Å²) in [7, 11) is 0. The van der Waals surface area contributed by atoms with Gasteiger partial charge in [-0.05, 0) is 45.8 Å². The van der Waals surface area contributed by atoms with E-state index < -0.39 is 5.82 Å². The summed E-state index contributed by atoms with van der Waals surface area (Å²) >= 11 is 15.4. The summed E-state index contributed by atoms with van der Waals surface area (Å²) < 4.78 is 19.2. The van der Waals surface area contributed by atoms with Crippen LogP contribution in [0.1, 0.15) is 11.1 Å². The Hall–Kier alpha value is -1.30. The first-order chi connectivity index (χ1) is 10.0. The van der Waals surface area contributed by atoms with Gasteiger partial charge in [-0.3, -0.25) is 0 Å². The van der Waals surface area contributed by atoms with E-state index in [-0.39, 0.29) is 11.6 Å². The zero-order valence-electron chi connectivity index (χ0n) is 10.5. The molecule has 0 radical (unpaired) electrons. The van der Waals surface area contributed by atoms with Gasteiger partial charge in [-0.15, -0.1) is 0 Å². The van der Waals surface area contributed by atoms with Gasteiger partial charge in [0.2, 0.25) is 0 Å². The van der Waals surface area contributed by atoms with Gasteiger partial charge < -0.3 is 9.94 Å². The van der Waals surface area contributed by atoms with Gasteiger partial charge in [0.15, 0.2) is 5.75 Å². The Balaban J connectivity index is 2.20. The highest BCUT2D eigenvalue weighted by molar-refractivity contribution is 9.10. The van der Waals surface area contributed by atoms with Crippen LogP contribution in [0.3, 0.4) is 0 Å². The van der Waals surface area contributed by atoms with Crippen LogP contribution >= 0.6 is 39.1 Å². The van der Waals surface area contributed by atoms with Gasteiger partial charge in [0.25, 0.3) is 0 Å². The number of halogens is 4. The fourth-order valence-electron chi connectivity index (χ4n) is 1.65. The maximum absolute atomic E-state index is 13.0. The van der Waals surface area contributed by atoms with Crippen LogP contribution in [0.5, 0.6) is 5.75 Å². The molecule has 0 atom stereocenters. The SMILES string of the molecule is O/N=C/c1cc(Cl)c(OCc2ccc(F)cc2Cl)c(Br)c1. The van der Waals surface area contributed by atoms with E-state index >= 15 is 0 Å². The molecule has 3 nitrogen and oxygen atoms in total. The van der Waals surface area contributed by atoms with Crippen LogP contribution in [0.15, 0.2) is 40.0 Å². The molecule has 110 valence electrons. The van der Waals surface area contributed by atoms with Crippen molar-refractivity contribution >= 4 is 45.3 Å². The second-order valence-electron chi connectivity index (χ2n) is 4.08. The van der Waals surface area contributed by atoms with Gasteiger partial charge >= 0.3 is 0 Å². The molecule has 0 spiro atoms. The average Bonchev–Trinajstić information content (AvgIpc) is 2.40. The number of rotatable bonds is 4. The summed E-state index contributed by atoms with van der Waals surface area (Å²) in [6, 6.07) is 7.35. The summed E-state index contributed by atoms with van der Waals surface area (Å²) in [6.45, 7) is 0.144. The molecule has 0 aliphatic rings. The minimum atomic E-state index is -0.407. The van der Waals surface area contributed by atoms with E-state index in [2.05, 4.69) is 21.1 Å². The van der Waals surface area contributed by atoms with Gasteiger partial charge in [-0.1, -0.05) is 34.4 Å². The molecule has 2 aromatic carbocycles. The Morgan fingerprint density at radius 3 is 2.62 bits per heavy atom. The molecule has 0 heterocycles. The number of ether oxygens (including phenoxy) is 1. The third kappa shape index (κ3) is 4.09. The molecule has 0 aromatic heterocycles. The molecular weight excluding hydrogens is 384 g/mol. The molecule has 0 unspecified atom stereocenters. The van der Waals surface area contributed by atoms with Gasteiger partial charge in [-0.2, -0.15) is 0 Å². The molecule has 21 heavy (non-hydrogen) atoms. The number of hydrogen-bond acceptors (Lipinski definition) is 3. The minimum Gasteiger partial charge on any atom is -0.486 e. The van der Waals surface area contributed by atoms with E-state index in [1.165, 1.54) is 18.3 Å². The molecule has 0 amide bonds. The first-order valence-corrected chi connectivity index (χ1v) is 7.29. The standard InChI is InChI=1S/C14H9BrCl2FNO2/c15-11-3-8(6-19-20)4-13(17)14(11)21-7-9-1-2-10(18)5-12(9)16/h1-6,20H,7H2/b19-6+. The lowest BCUT2D eigenvalue weighted by molar-refractivity contribution is 0.304. The molecule has 0 bridgehead atoms. The minimum absolute atomic E-state index is 0.144. The van der Waals surface area contributed by atoms with Gasteiger partial charge in [-0.25, -0.2) is 4.39 Å². The van der Waals surface area contributed by atoms with E-state index in [0.29, 0.717) is 26.4 Å². The van der Waals surface area contributed by atoms with Crippen molar-refractivity contribution in [1.29, 1.82) is 0 Å². The average molecular weight is 393 g/mol. The fraction of sp³-hybridized carbons (Fsp3) is 0.0714. The van der Waals surface area contributed by atoms with Gasteiger partial charge in [0.1, 0.15) is 12.4 Å². The topological polar surface area (TPSA) is 41.8 Å². The molecule has 0 saturated heterocycles. The number of nitrogens with zero attached hydrogens (tertiary/aromatic N) is 1. The molecule has 1 N–H and O–H groups in total. The second-order valence-corrected chi connectivity index (χ2v) is 5.75. The summed E-state index contributed by atoms with van der Waals surface area (Å²) in [4.78, 5) is 0. The van der Waals surface area contributed by atoms with E-state index in [9.17, 15) is 4.39 Å². The van der Waals surface area contributed by atoms with Crippen molar-refractivity contribution in [1.82, 2.24) is 0 Å². The van der Waals surface area contributed by atoms with Gasteiger partial charge in [0.05, 0.1) is 20.7 Å². The van der Waals surface area contributed by atoms with E-state index in [1.54, 1.807) is 18.2 Å². The van der Waals surface area contributed by atoms with Crippen molar-refractivity contribution in [3.63, 3.8) is 0 Å². The van der Waals surface area contributed by atoms with E-state index in [1.807, 2.05) is 0 Å².